The fraction of sp³-hybridized carbons (Fsp3) is 0.714. The van der Waals surface area contributed by atoms with Gasteiger partial charge in [0.1, 0.15) is 11.8 Å². The largest absolute Gasteiger partial charge is 0.343 e. The summed E-state index contributed by atoms with van der Waals surface area (Å²) in [5, 5.41) is 0. The van der Waals surface area contributed by atoms with Crippen LogP contribution in [-0.2, 0) is 0 Å². The van der Waals surface area contributed by atoms with Crippen molar-refractivity contribution >= 4 is 0 Å². The van der Waals surface area contributed by atoms with Gasteiger partial charge in [0, 0.05) is 0 Å². The Labute approximate surface area is 189 Å². The molecule has 0 heteroatoms. The molecule has 0 spiro atoms. The van der Waals surface area contributed by atoms with E-state index in [0.29, 0.717) is 47.3 Å². The van der Waals surface area contributed by atoms with E-state index in [0.717, 1.165) is 0 Å². The van der Waals surface area contributed by atoms with Crippen LogP contribution >= 0.6 is 0 Å². The molecule has 28 heavy (non-hydrogen) atoms. The molecule has 0 heterocycles. The predicted octanol–water partition coefficient (Wildman–Crippen LogP) is 10.5. The van der Waals surface area contributed by atoms with E-state index in [1.807, 2.05) is 0 Å². The van der Waals surface area contributed by atoms with E-state index in [1.165, 1.54) is 0 Å². The normalized spacial score (nSPS) is 16.8. The highest BCUT2D eigenvalue weighted by Crippen LogP contribution is 2.17. The summed E-state index contributed by atoms with van der Waals surface area (Å²) in [6.07, 6.45) is 0. The molecular formula is C28H66. The molecule has 0 nitrogen and oxygen atoms in total. The van der Waals surface area contributed by atoms with E-state index in [-0.39, 0.29) is 44.6 Å². The van der Waals surface area contributed by atoms with Crippen molar-refractivity contribution in [3.8, 4) is 0 Å². The molecule has 0 aliphatic rings. The van der Waals surface area contributed by atoms with Crippen molar-refractivity contribution in [2.24, 2.45) is 47.3 Å². The minimum Gasteiger partial charge on any atom is -0.343 e. The molecule has 0 radical (unpaired) electrons. The van der Waals surface area contributed by atoms with Gasteiger partial charge in [0.15, 0.2) is 0 Å². The summed E-state index contributed by atoms with van der Waals surface area (Å²) >= 11 is 0. The summed E-state index contributed by atoms with van der Waals surface area (Å²) in [7, 11) is 0. The van der Waals surface area contributed by atoms with E-state index >= 15 is 0 Å². The van der Waals surface area contributed by atoms with Crippen LogP contribution in [0, 0.1) is 103 Å². The molecule has 0 aliphatic heterocycles. The molecule has 0 aliphatic carbocycles. The monoisotopic (exact) mass is 403 g/mol. The molecule has 0 N–H and O–H groups in total. The minimum atomic E-state index is 0. The van der Waals surface area contributed by atoms with Gasteiger partial charge in [-0.25, -0.2) is 0 Å². The quantitative estimate of drug-likeness (QED) is 0.401. The van der Waals surface area contributed by atoms with E-state index in [1.54, 1.807) is 0 Å². The van der Waals surface area contributed by atoms with Gasteiger partial charge >= 0.3 is 0 Å². The SMILES string of the molecule is C.C.C.C.C.C.[CH2+]C(C)C([CH2+])C([CH2-])C.[CH2+]C(C)C([CH2-])C.[CH2+]C(C)C([CH2-])C([CH2-])C. The van der Waals surface area contributed by atoms with Crippen molar-refractivity contribution in [3.05, 3.63) is 55.4 Å². The summed E-state index contributed by atoms with van der Waals surface area (Å²) in [6, 6.07) is 0. The molecule has 0 rings (SSSR count). The van der Waals surface area contributed by atoms with Gasteiger partial charge in [-0.15, -0.1) is 11.8 Å². The van der Waals surface area contributed by atoms with Crippen molar-refractivity contribution in [2.75, 3.05) is 0 Å². The Morgan fingerprint density at radius 3 is 0.679 bits per heavy atom. The summed E-state index contributed by atoms with van der Waals surface area (Å²) in [5.41, 5.74) is 0. The van der Waals surface area contributed by atoms with Crippen LogP contribution in [0.25, 0.3) is 0 Å². The fourth-order valence-corrected chi connectivity index (χ4v) is 1.12. The average Bonchev–Trinajstić information content (AvgIpc) is 2.37. The number of hydrogen-bond acceptors (Lipinski definition) is 0. The number of hydrogen-bond donors (Lipinski definition) is 0. The Balaban J connectivity index is -0.0000000252. The molecule has 6 unspecified atom stereocenters. The first-order valence-electron chi connectivity index (χ1n) is 8.40. The molecule has 6 atom stereocenters. The Morgan fingerprint density at radius 1 is 0.429 bits per heavy atom. The van der Waals surface area contributed by atoms with Gasteiger partial charge in [-0.3, -0.25) is 0 Å². The molecule has 0 aromatic heterocycles. The lowest BCUT2D eigenvalue weighted by Crippen LogP contribution is -2.11. The van der Waals surface area contributed by atoms with E-state index in [2.05, 4.69) is 96.9 Å². The molecule has 0 aromatic carbocycles. The molecular weight excluding hydrogens is 336 g/mol. The van der Waals surface area contributed by atoms with Crippen molar-refractivity contribution in [3.63, 3.8) is 0 Å². The molecule has 0 aromatic rings. The van der Waals surface area contributed by atoms with Crippen LogP contribution in [0.1, 0.15) is 86.1 Å². The number of rotatable bonds is 5. The maximum Gasteiger partial charge on any atom is 0.133 e. The zero-order chi connectivity index (χ0) is 18.6. The standard InChI is InChI=1S/2C8H15.C6H12.6CH4/c2*1-6(2)8(5)7(3)4;1-5(2)6(3)4;;;;;;/h2*6-8H,1,3,5H2,2,4H3;5-6H,1,3H2,2,4H3;6*1H4/q-1;+1;;;;;;;. The van der Waals surface area contributed by atoms with Gasteiger partial charge in [0.25, 0.3) is 0 Å². The minimum absolute atomic E-state index is 0. The Hall–Kier alpha value is -0.520. The van der Waals surface area contributed by atoms with Crippen LogP contribution in [-0.4, -0.2) is 0 Å². The summed E-state index contributed by atoms with van der Waals surface area (Å²) in [4.78, 5) is 0. The van der Waals surface area contributed by atoms with Crippen LogP contribution in [0.2, 0.25) is 0 Å². The van der Waals surface area contributed by atoms with Gasteiger partial charge in [0.2, 0.25) is 0 Å². The van der Waals surface area contributed by atoms with Gasteiger partial charge < -0.3 is 27.7 Å². The third-order valence-corrected chi connectivity index (χ3v) is 3.90. The Bertz CT molecular complexity index is 168. The summed E-state index contributed by atoms with van der Waals surface area (Å²) < 4.78 is 0. The fourth-order valence-electron chi connectivity index (χ4n) is 1.12. The van der Waals surface area contributed by atoms with Gasteiger partial charge in [-0.1, -0.05) is 65.3 Å². The maximum absolute atomic E-state index is 3.91. The van der Waals surface area contributed by atoms with E-state index in [9.17, 15) is 0 Å². The van der Waals surface area contributed by atoms with Gasteiger partial charge in [0.05, 0.1) is 39.5 Å². The summed E-state index contributed by atoms with van der Waals surface area (Å²) in [6.45, 7) is 43.2. The van der Waals surface area contributed by atoms with Crippen LogP contribution in [0.15, 0.2) is 0 Å². The van der Waals surface area contributed by atoms with Crippen molar-refractivity contribution in [1.29, 1.82) is 0 Å². The first-order chi connectivity index (χ1) is 9.75. The first kappa shape index (κ1) is 56.4. The lowest BCUT2D eigenvalue weighted by molar-refractivity contribution is 0.409. The third-order valence-electron chi connectivity index (χ3n) is 3.90. The Kier molecular flexibility index (Phi) is 62.8. The molecule has 0 bridgehead atoms. The molecule has 0 saturated heterocycles. The van der Waals surface area contributed by atoms with Crippen molar-refractivity contribution < 1.29 is 0 Å². The zero-order valence-electron chi connectivity index (χ0n) is 16.3. The maximum atomic E-state index is 3.91. The third kappa shape index (κ3) is 40.2. The van der Waals surface area contributed by atoms with Crippen molar-refractivity contribution in [1.82, 2.24) is 0 Å². The highest BCUT2D eigenvalue weighted by molar-refractivity contribution is 4.76. The molecule has 0 saturated carbocycles. The second-order valence-electron chi connectivity index (χ2n) is 7.19. The van der Waals surface area contributed by atoms with Crippen LogP contribution < -0.4 is 0 Å². The van der Waals surface area contributed by atoms with Crippen molar-refractivity contribution in [2.45, 2.75) is 86.1 Å². The first-order valence-corrected chi connectivity index (χ1v) is 8.40. The summed E-state index contributed by atoms with van der Waals surface area (Å²) in [5.74, 6) is 3.45. The predicted molar refractivity (Wildman–Crippen MR) is 145 cm³/mol. The highest BCUT2D eigenvalue weighted by atomic mass is 14.2. The lowest BCUT2D eigenvalue weighted by Gasteiger charge is -2.27. The smallest absolute Gasteiger partial charge is 0.133 e. The highest BCUT2D eigenvalue weighted by Gasteiger charge is 2.18. The molecule has 0 amide bonds. The molecule has 178 valence electrons. The zero-order valence-corrected chi connectivity index (χ0v) is 16.3. The topological polar surface area (TPSA) is 0 Å². The second-order valence-corrected chi connectivity index (χ2v) is 7.19. The van der Waals surface area contributed by atoms with Gasteiger partial charge in [-0.05, 0) is 20.8 Å². The Morgan fingerprint density at radius 2 is 0.679 bits per heavy atom. The van der Waals surface area contributed by atoms with Gasteiger partial charge in [-0.2, -0.15) is 11.8 Å². The van der Waals surface area contributed by atoms with E-state index < -0.39 is 0 Å². The van der Waals surface area contributed by atoms with Crippen LogP contribution in [0.4, 0.5) is 0 Å². The van der Waals surface area contributed by atoms with Crippen LogP contribution in [0.3, 0.4) is 0 Å². The molecule has 0 fully saturated rings. The van der Waals surface area contributed by atoms with Crippen LogP contribution in [0.5, 0.6) is 0 Å². The second kappa shape index (κ2) is 31.2. The lowest BCUT2D eigenvalue weighted by atomic mass is 9.88. The average molecular weight is 403 g/mol. The van der Waals surface area contributed by atoms with E-state index in [4.69, 9.17) is 0 Å².